The van der Waals surface area contributed by atoms with Crippen LogP contribution in [0.3, 0.4) is 0 Å². The molecule has 170 valence electrons. The monoisotopic (exact) mass is 450 g/mol. The summed E-state index contributed by atoms with van der Waals surface area (Å²) in [5, 5.41) is 12.6. The predicted octanol–water partition coefficient (Wildman–Crippen LogP) is -1.44. The van der Waals surface area contributed by atoms with Crippen molar-refractivity contribution in [2.75, 3.05) is 6.61 Å². The fourth-order valence-electron chi connectivity index (χ4n) is 2.88. The Bertz CT molecular complexity index is 928. The van der Waals surface area contributed by atoms with Crippen LogP contribution in [0.2, 0.25) is 0 Å². The first-order valence-electron chi connectivity index (χ1n) is 9.14. The second-order valence-corrected chi connectivity index (χ2v) is 9.06. The minimum Gasteiger partial charge on any atom is -0.462 e. The highest BCUT2D eigenvalue weighted by Gasteiger charge is 2.52. The fraction of sp³-hybridized carbons (Fsp3) is 0.688. The molecule has 0 saturated carbocycles. The van der Waals surface area contributed by atoms with Gasteiger partial charge >= 0.3 is 19.4 Å². The van der Waals surface area contributed by atoms with Crippen molar-refractivity contribution in [3.8, 4) is 0 Å². The van der Waals surface area contributed by atoms with Gasteiger partial charge in [-0.15, -0.1) is 0 Å². The van der Waals surface area contributed by atoms with Crippen molar-refractivity contribution in [1.29, 1.82) is 0 Å². The van der Waals surface area contributed by atoms with Crippen LogP contribution in [0.1, 0.15) is 33.9 Å². The Balaban J connectivity index is 2.06. The number of aliphatic hydroxyl groups is 1. The molecule has 1 fully saturated rings. The first-order valence-corrected chi connectivity index (χ1v) is 10.7. The van der Waals surface area contributed by atoms with Crippen molar-refractivity contribution >= 4 is 13.7 Å². The van der Waals surface area contributed by atoms with Crippen molar-refractivity contribution in [2.45, 2.75) is 63.8 Å². The van der Waals surface area contributed by atoms with Crippen LogP contribution in [-0.2, 0) is 23.4 Å². The van der Waals surface area contributed by atoms with Gasteiger partial charge < -0.3 is 25.2 Å². The van der Waals surface area contributed by atoms with Gasteiger partial charge in [-0.3, -0.25) is 23.7 Å². The Morgan fingerprint density at radius 3 is 2.67 bits per heavy atom. The second-order valence-electron chi connectivity index (χ2n) is 7.51. The van der Waals surface area contributed by atoms with E-state index in [1.807, 2.05) is 0 Å². The summed E-state index contributed by atoms with van der Waals surface area (Å²) in [6.07, 6.45) is -2.99. The zero-order chi connectivity index (χ0) is 22.9. The highest BCUT2D eigenvalue weighted by atomic mass is 31.2. The van der Waals surface area contributed by atoms with Gasteiger partial charge in [-0.2, -0.15) is 0 Å². The maximum absolute atomic E-state index is 12.2. The smallest absolute Gasteiger partial charge is 0.403 e. The molecule has 1 aliphatic heterocycles. The normalized spacial score (nSPS) is 29.5. The van der Waals surface area contributed by atoms with Crippen molar-refractivity contribution in [2.24, 2.45) is 5.73 Å². The van der Waals surface area contributed by atoms with Gasteiger partial charge in [-0.25, -0.2) is 14.4 Å². The predicted molar refractivity (Wildman–Crippen MR) is 103 cm³/mol. The zero-order valence-corrected chi connectivity index (χ0v) is 17.9. The van der Waals surface area contributed by atoms with E-state index in [9.17, 15) is 28.9 Å². The van der Waals surface area contributed by atoms with Crippen molar-refractivity contribution in [3.63, 3.8) is 0 Å². The van der Waals surface area contributed by atoms with Crippen LogP contribution in [0.4, 0.5) is 0 Å². The van der Waals surface area contributed by atoms with Crippen LogP contribution in [0.15, 0.2) is 21.9 Å². The van der Waals surface area contributed by atoms with Gasteiger partial charge in [-0.1, -0.05) is 0 Å². The van der Waals surface area contributed by atoms with Crippen LogP contribution in [-0.4, -0.2) is 62.0 Å². The lowest BCUT2D eigenvalue weighted by Crippen LogP contribution is -2.53. The average Bonchev–Trinajstić information content (AvgIpc) is 2.82. The maximum atomic E-state index is 12.2. The summed E-state index contributed by atoms with van der Waals surface area (Å²) in [6, 6.07) is -0.0505. The summed E-state index contributed by atoms with van der Waals surface area (Å²) in [5.41, 5.74) is 3.20. The van der Waals surface area contributed by atoms with Gasteiger partial charge in [0.1, 0.15) is 18.2 Å². The molecule has 1 aromatic rings. The number of H-pyrrole nitrogens is 1. The summed E-state index contributed by atoms with van der Waals surface area (Å²) in [6.45, 7) is 5.43. The number of nitrogens with zero attached hydrogens (tertiary/aromatic N) is 1. The van der Waals surface area contributed by atoms with Crippen molar-refractivity contribution in [1.82, 2.24) is 14.6 Å². The van der Waals surface area contributed by atoms with Gasteiger partial charge in [0.15, 0.2) is 6.23 Å². The third kappa shape index (κ3) is 5.64. The molecule has 30 heavy (non-hydrogen) atoms. The van der Waals surface area contributed by atoms with Crippen molar-refractivity contribution < 1.29 is 33.4 Å². The summed E-state index contributed by atoms with van der Waals surface area (Å²) < 4.78 is 28.7. The maximum Gasteiger partial charge on any atom is 0.403 e. The minimum atomic E-state index is -4.47. The third-order valence-electron chi connectivity index (χ3n) is 4.41. The molecule has 14 heteroatoms. The molecule has 13 nitrogen and oxygen atoms in total. The molecule has 1 saturated heterocycles. The van der Waals surface area contributed by atoms with E-state index in [0.29, 0.717) is 0 Å². The number of hydrogen-bond donors (Lipinski definition) is 5. The molecule has 2 heterocycles. The number of carbonyl (C=O) groups is 1. The third-order valence-corrected chi connectivity index (χ3v) is 5.62. The highest BCUT2D eigenvalue weighted by molar-refractivity contribution is 7.50. The topological polar surface area (TPSA) is 195 Å². The van der Waals surface area contributed by atoms with Gasteiger partial charge in [0.2, 0.25) is 0 Å². The molecule has 1 aliphatic rings. The number of esters is 1. The van der Waals surface area contributed by atoms with Crippen LogP contribution in [0, 0.1) is 0 Å². The van der Waals surface area contributed by atoms with Crippen LogP contribution < -0.4 is 22.1 Å². The first kappa shape index (κ1) is 24.4. The number of nitrogens with one attached hydrogen (secondary N) is 2. The van der Waals surface area contributed by atoms with Crippen LogP contribution in [0.5, 0.6) is 0 Å². The summed E-state index contributed by atoms with van der Waals surface area (Å²) in [4.78, 5) is 47.1. The molecule has 6 N–H and O–H groups in total. The van der Waals surface area contributed by atoms with E-state index in [0.717, 1.165) is 16.8 Å². The number of ether oxygens (including phenoxy) is 2. The van der Waals surface area contributed by atoms with E-state index in [2.05, 4.69) is 10.1 Å². The highest BCUT2D eigenvalue weighted by Crippen LogP contribution is 2.41. The number of aliphatic hydroxyl groups excluding tert-OH is 1. The number of carbonyl (C=O) groups excluding carboxylic acids is 1. The van der Waals surface area contributed by atoms with E-state index in [1.165, 1.54) is 13.8 Å². The lowest BCUT2D eigenvalue weighted by atomic mass is 9.93. The van der Waals surface area contributed by atoms with E-state index < -0.39 is 67.7 Å². The Kier molecular flexibility index (Phi) is 7.41. The van der Waals surface area contributed by atoms with Gasteiger partial charge in [0.25, 0.3) is 5.56 Å². The Labute approximate surface area is 171 Å². The molecule has 0 spiro atoms. The van der Waals surface area contributed by atoms with E-state index >= 15 is 0 Å². The molecule has 0 aromatic carbocycles. The Hall–Kier alpha value is -1.86. The summed E-state index contributed by atoms with van der Waals surface area (Å²) in [5.74, 6) is -0.743. The van der Waals surface area contributed by atoms with Gasteiger partial charge in [0.05, 0.1) is 18.2 Å². The second kappa shape index (κ2) is 9.10. The molecule has 0 aliphatic carbocycles. The Morgan fingerprint density at radius 1 is 1.47 bits per heavy atom. The Morgan fingerprint density at radius 2 is 2.10 bits per heavy atom. The largest absolute Gasteiger partial charge is 0.462 e. The zero-order valence-electron chi connectivity index (χ0n) is 17.0. The van der Waals surface area contributed by atoms with Gasteiger partial charge in [0, 0.05) is 12.3 Å². The summed E-state index contributed by atoms with van der Waals surface area (Å²) in [7, 11) is -4.47. The lowest BCUT2D eigenvalue weighted by Gasteiger charge is -2.28. The average molecular weight is 450 g/mol. The SMILES string of the molecule is CC(C)OC(=O)[C@@H](C)NP(=O)(O)OC[C@H]1O[C@@H](n2ccc(=O)[nH]c2=O)[C@](C)(N)[C@@H]1O. The number of aromatic amines is 1. The molecular formula is C16H27N4O9P. The van der Waals surface area contributed by atoms with Crippen molar-refractivity contribution in [3.05, 3.63) is 33.1 Å². The quantitative estimate of drug-likeness (QED) is 0.230. The fourth-order valence-corrected chi connectivity index (χ4v) is 3.90. The van der Waals surface area contributed by atoms with Crippen LogP contribution in [0.25, 0.3) is 0 Å². The number of rotatable bonds is 8. The van der Waals surface area contributed by atoms with Gasteiger partial charge in [-0.05, 0) is 27.7 Å². The number of nitrogens with two attached hydrogens (primary N) is 1. The molecule has 0 bridgehead atoms. The number of aromatic nitrogens is 2. The summed E-state index contributed by atoms with van der Waals surface area (Å²) >= 11 is 0. The van der Waals surface area contributed by atoms with E-state index in [1.54, 1.807) is 13.8 Å². The molecule has 6 atom stereocenters. The molecule has 1 unspecified atom stereocenters. The van der Waals surface area contributed by atoms with E-state index in [4.69, 9.17) is 19.7 Å². The molecule has 1 aromatic heterocycles. The first-order chi connectivity index (χ1) is 13.7. The van der Waals surface area contributed by atoms with E-state index in [-0.39, 0.29) is 0 Å². The standard InChI is InChI=1S/C16H27N4O9P/c1-8(2)28-13(23)9(3)19-30(25,26)27-7-10-12(22)16(4,17)14(29-10)20-6-5-11(21)18-15(20)24/h5-6,8-10,12,14,22H,7,17H2,1-4H3,(H,18,21,24)(H2,19,25,26)/t9-,10-,12-,14-,16-/m1/s1. The minimum absolute atomic E-state index is 0.404. The molecule has 2 rings (SSSR count). The molecule has 0 amide bonds. The lowest BCUT2D eigenvalue weighted by molar-refractivity contribution is -0.149. The molecule has 0 radical (unpaired) electrons. The molecular weight excluding hydrogens is 423 g/mol. The van der Waals surface area contributed by atoms with Crippen LogP contribution >= 0.6 is 7.75 Å². The number of hydrogen-bond acceptors (Lipinski definition) is 9.